The number of likely N-dealkylation sites (tertiary alicyclic amines) is 1. The molecule has 1 saturated heterocycles. The molecule has 19 heavy (non-hydrogen) atoms. The molecule has 1 fully saturated rings. The molecule has 2 atom stereocenters. The van der Waals surface area contributed by atoms with Gasteiger partial charge in [-0.25, -0.2) is 0 Å². The summed E-state index contributed by atoms with van der Waals surface area (Å²) < 4.78 is 0. The van der Waals surface area contributed by atoms with Crippen molar-refractivity contribution in [3.63, 3.8) is 0 Å². The Morgan fingerprint density at radius 2 is 2.16 bits per heavy atom. The third kappa shape index (κ3) is 4.02. The number of hydrogen-bond donors (Lipinski definition) is 2. The van der Waals surface area contributed by atoms with Crippen LogP contribution < -0.4 is 5.48 Å². The maximum atomic E-state index is 11.0. The first-order chi connectivity index (χ1) is 9.16. The number of hydrogen-bond acceptors (Lipinski definition) is 4. The smallest absolute Gasteiger partial charge is 0.320 e. The fourth-order valence-electron chi connectivity index (χ4n) is 2.37. The Morgan fingerprint density at radius 3 is 2.79 bits per heavy atom. The zero-order valence-electron chi connectivity index (χ0n) is 11.1. The standard InChI is InChI=1S/C14H20N2O3/c1-16-9-12(7-8-13(16)14(17)18)15-19-10-11-5-3-2-4-6-11/h2-6,12-13,15H,7-10H2,1H3,(H,17,18)/t12-,13-/m0/s1. The number of benzene rings is 1. The summed E-state index contributed by atoms with van der Waals surface area (Å²) in [5.74, 6) is -0.744. The number of piperidine rings is 1. The highest BCUT2D eigenvalue weighted by Crippen LogP contribution is 2.16. The molecule has 5 heteroatoms. The molecular weight excluding hydrogens is 244 g/mol. The van der Waals surface area contributed by atoms with Gasteiger partial charge in [-0.05, 0) is 25.5 Å². The van der Waals surface area contributed by atoms with Crippen LogP contribution >= 0.6 is 0 Å². The van der Waals surface area contributed by atoms with Crippen LogP contribution in [0, 0.1) is 0 Å². The number of carboxylic acids is 1. The van der Waals surface area contributed by atoms with Crippen LogP contribution in [-0.2, 0) is 16.2 Å². The van der Waals surface area contributed by atoms with E-state index in [0.717, 1.165) is 12.0 Å². The second kappa shape index (κ2) is 6.65. The van der Waals surface area contributed by atoms with Gasteiger partial charge in [-0.3, -0.25) is 14.5 Å². The van der Waals surface area contributed by atoms with Crippen molar-refractivity contribution in [1.82, 2.24) is 10.4 Å². The van der Waals surface area contributed by atoms with Gasteiger partial charge in [0, 0.05) is 12.6 Å². The van der Waals surface area contributed by atoms with E-state index in [9.17, 15) is 4.79 Å². The van der Waals surface area contributed by atoms with Crippen molar-refractivity contribution in [3.8, 4) is 0 Å². The number of carbonyl (C=O) groups is 1. The Bertz CT molecular complexity index is 410. The SMILES string of the molecule is CN1C[C@@H](NOCc2ccccc2)CC[C@H]1C(=O)O. The molecule has 2 rings (SSSR count). The van der Waals surface area contributed by atoms with E-state index < -0.39 is 5.97 Å². The highest BCUT2D eigenvalue weighted by atomic mass is 16.6. The van der Waals surface area contributed by atoms with Gasteiger partial charge in [-0.1, -0.05) is 30.3 Å². The Balaban J connectivity index is 1.72. The van der Waals surface area contributed by atoms with E-state index in [2.05, 4.69) is 5.48 Å². The van der Waals surface area contributed by atoms with Crippen molar-refractivity contribution in [2.75, 3.05) is 13.6 Å². The van der Waals surface area contributed by atoms with Gasteiger partial charge < -0.3 is 5.11 Å². The second-order valence-corrected chi connectivity index (χ2v) is 4.96. The van der Waals surface area contributed by atoms with Gasteiger partial charge in [0.15, 0.2) is 0 Å². The van der Waals surface area contributed by atoms with Gasteiger partial charge in [0.25, 0.3) is 0 Å². The van der Waals surface area contributed by atoms with E-state index in [-0.39, 0.29) is 12.1 Å². The minimum Gasteiger partial charge on any atom is -0.480 e. The molecular formula is C14H20N2O3. The van der Waals surface area contributed by atoms with Crippen molar-refractivity contribution in [2.24, 2.45) is 0 Å². The molecule has 0 aromatic heterocycles. The molecule has 2 N–H and O–H groups in total. The molecule has 5 nitrogen and oxygen atoms in total. The molecule has 104 valence electrons. The maximum Gasteiger partial charge on any atom is 0.320 e. The van der Waals surface area contributed by atoms with Crippen LogP contribution in [0.2, 0.25) is 0 Å². The minimum atomic E-state index is -0.744. The van der Waals surface area contributed by atoms with Crippen molar-refractivity contribution in [1.29, 1.82) is 0 Å². The lowest BCUT2D eigenvalue weighted by atomic mass is 10.00. The predicted octanol–water partition coefficient (Wildman–Crippen LogP) is 1.26. The van der Waals surface area contributed by atoms with Crippen LogP contribution in [-0.4, -0.2) is 41.7 Å². The number of carboxylic acid groups (broad SMARTS) is 1. The number of nitrogens with zero attached hydrogens (tertiary/aromatic N) is 1. The summed E-state index contributed by atoms with van der Waals surface area (Å²) >= 11 is 0. The van der Waals surface area contributed by atoms with Crippen molar-refractivity contribution in [3.05, 3.63) is 35.9 Å². The van der Waals surface area contributed by atoms with Gasteiger partial charge in [0.05, 0.1) is 6.61 Å². The summed E-state index contributed by atoms with van der Waals surface area (Å²) in [5, 5.41) is 9.03. The molecule has 1 aliphatic rings. The molecule has 0 radical (unpaired) electrons. The summed E-state index contributed by atoms with van der Waals surface area (Å²) in [5.41, 5.74) is 4.14. The van der Waals surface area contributed by atoms with Crippen LogP contribution in [0.15, 0.2) is 30.3 Å². The topological polar surface area (TPSA) is 61.8 Å². The average Bonchev–Trinajstić information content (AvgIpc) is 2.39. The predicted molar refractivity (Wildman–Crippen MR) is 71.4 cm³/mol. The third-order valence-electron chi connectivity index (χ3n) is 3.45. The average molecular weight is 264 g/mol. The van der Waals surface area contributed by atoms with E-state index in [1.54, 1.807) is 0 Å². The first-order valence-corrected chi connectivity index (χ1v) is 6.51. The molecule has 0 aliphatic carbocycles. The van der Waals surface area contributed by atoms with Gasteiger partial charge in [0.2, 0.25) is 0 Å². The van der Waals surface area contributed by atoms with E-state index in [0.29, 0.717) is 19.6 Å². The molecule has 0 spiro atoms. The number of likely N-dealkylation sites (N-methyl/N-ethyl adjacent to an activating group) is 1. The second-order valence-electron chi connectivity index (χ2n) is 4.96. The number of nitrogens with one attached hydrogen (secondary N) is 1. The van der Waals surface area contributed by atoms with Crippen molar-refractivity contribution in [2.45, 2.75) is 31.5 Å². The molecule has 0 saturated carbocycles. The fraction of sp³-hybridized carbons (Fsp3) is 0.500. The van der Waals surface area contributed by atoms with Gasteiger partial charge in [-0.2, -0.15) is 5.48 Å². The maximum absolute atomic E-state index is 11.0. The summed E-state index contributed by atoms with van der Waals surface area (Å²) in [6.07, 6.45) is 1.47. The van der Waals surface area contributed by atoms with E-state index in [1.807, 2.05) is 42.3 Å². The molecule has 1 aliphatic heterocycles. The molecule has 0 bridgehead atoms. The quantitative estimate of drug-likeness (QED) is 0.784. The zero-order valence-corrected chi connectivity index (χ0v) is 11.1. The van der Waals surface area contributed by atoms with Crippen LogP contribution in [0.3, 0.4) is 0 Å². The lowest BCUT2D eigenvalue weighted by Gasteiger charge is -2.34. The monoisotopic (exact) mass is 264 g/mol. The summed E-state index contributed by atoms with van der Waals surface area (Å²) in [6.45, 7) is 1.20. The van der Waals surface area contributed by atoms with Crippen molar-refractivity contribution >= 4 is 5.97 Å². The summed E-state index contributed by atoms with van der Waals surface area (Å²) in [7, 11) is 1.84. The van der Waals surface area contributed by atoms with Gasteiger partial charge in [0.1, 0.15) is 6.04 Å². The lowest BCUT2D eigenvalue weighted by molar-refractivity contribution is -0.144. The molecule has 1 aromatic carbocycles. The fourth-order valence-corrected chi connectivity index (χ4v) is 2.37. The third-order valence-corrected chi connectivity index (χ3v) is 3.45. The Morgan fingerprint density at radius 1 is 1.42 bits per heavy atom. The molecule has 1 aromatic rings. The highest BCUT2D eigenvalue weighted by molar-refractivity contribution is 5.73. The first-order valence-electron chi connectivity index (χ1n) is 6.51. The first kappa shape index (κ1) is 14.0. The molecule has 0 amide bonds. The van der Waals surface area contributed by atoms with E-state index >= 15 is 0 Å². The minimum absolute atomic E-state index is 0.185. The van der Waals surface area contributed by atoms with Crippen LogP contribution in [0.1, 0.15) is 18.4 Å². The van der Waals surface area contributed by atoms with Gasteiger partial charge in [-0.15, -0.1) is 0 Å². The largest absolute Gasteiger partial charge is 0.480 e. The van der Waals surface area contributed by atoms with Crippen LogP contribution in [0.5, 0.6) is 0 Å². The molecule has 0 unspecified atom stereocenters. The van der Waals surface area contributed by atoms with Crippen LogP contribution in [0.4, 0.5) is 0 Å². The number of rotatable bonds is 5. The Labute approximate surface area is 113 Å². The van der Waals surface area contributed by atoms with Crippen LogP contribution in [0.25, 0.3) is 0 Å². The van der Waals surface area contributed by atoms with Gasteiger partial charge >= 0.3 is 5.97 Å². The normalized spacial score (nSPS) is 24.3. The van der Waals surface area contributed by atoms with Crippen molar-refractivity contribution < 1.29 is 14.7 Å². The van der Waals surface area contributed by atoms with E-state index in [4.69, 9.17) is 9.94 Å². The highest BCUT2D eigenvalue weighted by Gasteiger charge is 2.30. The Hall–Kier alpha value is -1.43. The van der Waals surface area contributed by atoms with E-state index in [1.165, 1.54) is 0 Å². The number of hydroxylamine groups is 1. The number of aliphatic carboxylic acids is 1. The lowest BCUT2D eigenvalue weighted by Crippen LogP contribution is -2.51. The zero-order chi connectivity index (χ0) is 13.7. The molecule has 1 heterocycles. The summed E-state index contributed by atoms with van der Waals surface area (Å²) in [6, 6.07) is 9.76. The summed E-state index contributed by atoms with van der Waals surface area (Å²) in [4.78, 5) is 18.3. The Kier molecular flexibility index (Phi) is 4.90.